The molecule has 26 heavy (non-hydrogen) atoms. The first-order chi connectivity index (χ1) is 12.3. The molecule has 136 valence electrons. The fourth-order valence-electron chi connectivity index (χ4n) is 2.76. The largest absolute Gasteiger partial charge is 0.490 e. The molecule has 4 nitrogen and oxygen atoms in total. The molecule has 0 saturated carbocycles. The van der Waals surface area contributed by atoms with Gasteiger partial charge in [-0.15, -0.1) is 0 Å². The van der Waals surface area contributed by atoms with Crippen molar-refractivity contribution in [2.75, 3.05) is 5.32 Å². The maximum atomic E-state index is 6.54. The first-order valence-corrected chi connectivity index (χ1v) is 9.23. The Bertz CT molecular complexity index is 938. The van der Waals surface area contributed by atoms with Crippen LogP contribution in [0.5, 0.6) is 5.75 Å². The summed E-state index contributed by atoms with van der Waals surface area (Å²) in [5.41, 5.74) is 3.25. The fraction of sp³-hybridized carbons (Fsp3) is 0.333. The van der Waals surface area contributed by atoms with Crippen molar-refractivity contribution in [2.45, 2.75) is 46.8 Å². The monoisotopic (exact) mass is 369 g/mol. The van der Waals surface area contributed by atoms with E-state index < -0.39 is 0 Å². The van der Waals surface area contributed by atoms with Crippen LogP contribution in [0.1, 0.15) is 33.3 Å². The van der Waals surface area contributed by atoms with Gasteiger partial charge in [0, 0.05) is 17.5 Å². The van der Waals surface area contributed by atoms with Gasteiger partial charge in [-0.2, -0.15) is 0 Å². The maximum Gasteiger partial charge on any atom is 0.131 e. The topological polar surface area (TPSA) is 47.0 Å². The lowest BCUT2D eigenvalue weighted by atomic mass is 10.1. The minimum atomic E-state index is 0.0513. The van der Waals surface area contributed by atoms with Crippen molar-refractivity contribution in [3.8, 4) is 17.1 Å². The minimum absolute atomic E-state index is 0.0513. The number of fused-ring (bicyclic) bond motifs is 1. The van der Waals surface area contributed by atoms with Gasteiger partial charge in [0.2, 0.25) is 0 Å². The van der Waals surface area contributed by atoms with Crippen molar-refractivity contribution in [2.24, 2.45) is 0 Å². The first-order valence-electron chi connectivity index (χ1n) is 8.85. The Kier molecular flexibility index (Phi) is 5.33. The van der Waals surface area contributed by atoms with E-state index in [1.54, 1.807) is 0 Å². The molecule has 0 bridgehead atoms. The van der Waals surface area contributed by atoms with Gasteiger partial charge in [-0.3, -0.25) is 0 Å². The number of aromatic nitrogens is 2. The van der Waals surface area contributed by atoms with Crippen LogP contribution >= 0.6 is 11.6 Å². The molecule has 3 rings (SSSR count). The van der Waals surface area contributed by atoms with Crippen molar-refractivity contribution < 1.29 is 4.74 Å². The lowest BCUT2D eigenvalue weighted by molar-refractivity contribution is 0.245. The molecule has 0 atom stereocenters. The zero-order chi connectivity index (χ0) is 18.8. The summed E-state index contributed by atoms with van der Waals surface area (Å²) in [5.74, 6) is 1.59. The fourth-order valence-corrected chi connectivity index (χ4v) is 2.97. The third kappa shape index (κ3) is 3.91. The summed E-state index contributed by atoms with van der Waals surface area (Å²) in [6, 6.07) is 12.1. The summed E-state index contributed by atoms with van der Waals surface area (Å²) < 4.78 is 6.04. The van der Waals surface area contributed by atoms with Gasteiger partial charge < -0.3 is 10.1 Å². The van der Waals surface area contributed by atoms with E-state index in [0.717, 1.165) is 39.4 Å². The van der Waals surface area contributed by atoms with Gasteiger partial charge in [0.05, 0.1) is 28.0 Å². The number of benzene rings is 1. The van der Waals surface area contributed by atoms with Crippen molar-refractivity contribution in [3.63, 3.8) is 0 Å². The van der Waals surface area contributed by atoms with Crippen LogP contribution in [0.4, 0.5) is 5.82 Å². The number of hydrogen-bond acceptors (Lipinski definition) is 4. The smallest absolute Gasteiger partial charge is 0.131 e. The van der Waals surface area contributed by atoms with Crippen LogP contribution in [0, 0.1) is 6.92 Å². The van der Waals surface area contributed by atoms with Crippen LogP contribution in [0.25, 0.3) is 22.3 Å². The van der Waals surface area contributed by atoms with Crippen molar-refractivity contribution >= 4 is 28.3 Å². The standard InChI is InChI=1S/C21H24ClN3O/c1-12(2)23-19-8-6-7-16(24-19)17-11-18(26-13(3)4)15-10-9-14(5)20(22)21(15)25-17/h6-13H,1-5H3,(H,23,24). The third-order valence-corrected chi connectivity index (χ3v) is 4.36. The summed E-state index contributed by atoms with van der Waals surface area (Å²) >= 11 is 6.54. The molecule has 0 aliphatic carbocycles. The molecule has 0 radical (unpaired) electrons. The number of halogens is 1. The molecule has 0 amide bonds. The Balaban J connectivity index is 2.18. The highest BCUT2D eigenvalue weighted by Gasteiger charge is 2.14. The van der Waals surface area contributed by atoms with E-state index in [1.807, 2.05) is 57.2 Å². The summed E-state index contributed by atoms with van der Waals surface area (Å²) in [7, 11) is 0. The predicted molar refractivity (Wildman–Crippen MR) is 109 cm³/mol. The van der Waals surface area contributed by atoms with E-state index in [9.17, 15) is 0 Å². The number of nitrogens with zero attached hydrogens (tertiary/aromatic N) is 2. The Hall–Kier alpha value is -2.33. The molecule has 1 aromatic carbocycles. The molecule has 5 heteroatoms. The number of pyridine rings is 2. The zero-order valence-corrected chi connectivity index (χ0v) is 16.6. The van der Waals surface area contributed by atoms with Crippen LogP contribution < -0.4 is 10.1 Å². The molecule has 3 aromatic rings. The summed E-state index contributed by atoms with van der Waals surface area (Å²) in [4.78, 5) is 9.48. The van der Waals surface area contributed by atoms with Gasteiger partial charge >= 0.3 is 0 Å². The van der Waals surface area contributed by atoms with E-state index in [2.05, 4.69) is 19.2 Å². The SMILES string of the molecule is Cc1ccc2c(OC(C)C)cc(-c3cccc(NC(C)C)n3)nc2c1Cl. The maximum absolute atomic E-state index is 6.54. The van der Waals surface area contributed by atoms with E-state index in [-0.39, 0.29) is 6.10 Å². The molecule has 0 unspecified atom stereocenters. The predicted octanol–water partition coefficient (Wildman–Crippen LogP) is 5.87. The average Bonchev–Trinajstić information content (AvgIpc) is 2.57. The lowest BCUT2D eigenvalue weighted by Crippen LogP contribution is -2.11. The van der Waals surface area contributed by atoms with E-state index in [1.165, 1.54) is 0 Å². The molecule has 1 N–H and O–H groups in total. The molecular formula is C21H24ClN3O. The van der Waals surface area contributed by atoms with Crippen molar-refractivity contribution in [1.29, 1.82) is 0 Å². The highest BCUT2D eigenvalue weighted by molar-refractivity contribution is 6.36. The number of rotatable bonds is 5. The van der Waals surface area contributed by atoms with Gasteiger partial charge in [-0.1, -0.05) is 23.7 Å². The number of aryl methyl sites for hydroxylation is 1. The summed E-state index contributed by atoms with van der Waals surface area (Å²) in [5, 5.41) is 4.88. The van der Waals surface area contributed by atoms with Crippen LogP contribution in [-0.4, -0.2) is 22.1 Å². The highest BCUT2D eigenvalue weighted by Crippen LogP contribution is 2.35. The van der Waals surface area contributed by atoms with Gasteiger partial charge in [0.25, 0.3) is 0 Å². The van der Waals surface area contributed by atoms with E-state index in [0.29, 0.717) is 11.1 Å². The average molecular weight is 370 g/mol. The summed E-state index contributed by atoms with van der Waals surface area (Å²) in [6.45, 7) is 10.2. The second-order valence-electron chi connectivity index (χ2n) is 6.97. The van der Waals surface area contributed by atoms with Gasteiger partial charge in [-0.25, -0.2) is 9.97 Å². The number of hydrogen-bond donors (Lipinski definition) is 1. The van der Waals surface area contributed by atoms with Crippen LogP contribution in [0.2, 0.25) is 5.02 Å². The van der Waals surface area contributed by atoms with Crippen LogP contribution in [0.15, 0.2) is 36.4 Å². The Labute approximate surface area is 159 Å². The second kappa shape index (κ2) is 7.50. The van der Waals surface area contributed by atoms with Gasteiger partial charge in [0.1, 0.15) is 11.6 Å². The normalized spacial score (nSPS) is 11.4. The van der Waals surface area contributed by atoms with E-state index >= 15 is 0 Å². The van der Waals surface area contributed by atoms with Crippen LogP contribution in [-0.2, 0) is 0 Å². The number of ether oxygens (including phenoxy) is 1. The third-order valence-electron chi connectivity index (χ3n) is 3.89. The van der Waals surface area contributed by atoms with Gasteiger partial charge in [0.15, 0.2) is 0 Å². The van der Waals surface area contributed by atoms with Gasteiger partial charge in [-0.05, 0) is 58.4 Å². The molecule has 0 aliphatic rings. The van der Waals surface area contributed by atoms with Crippen molar-refractivity contribution in [1.82, 2.24) is 9.97 Å². The summed E-state index contributed by atoms with van der Waals surface area (Å²) in [6.07, 6.45) is 0.0513. The minimum Gasteiger partial charge on any atom is -0.490 e. The van der Waals surface area contributed by atoms with E-state index in [4.69, 9.17) is 26.3 Å². The second-order valence-corrected chi connectivity index (χ2v) is 7.35. The Morgan fingerprint density at radius 1 is 1.00 bits per heavy atom. The number of anilines is 1. The molecule has 0 saturated heterocycles. The quantitative estimate of drug-likeness (QED) is 0.611. The molecule has 2 heterocycles. The molecule has 0 aliphatic heterocycles. The Morgan fingerprint density at radius 2 is 1.77 bits per heavy atom. The molecule has 0 spiro atoms. The first kappa shape index (κ1) is 18.5. The Morgan fingerprint density at radius 3 is 2.46 bits per heavy atom. The van der Waals surface area contributed by atoms with Crippen molar-refractivity contribution in [3.05, 3.63) is 47.0 Å². The highest BCUT2D eigenvalue weighted by atomic mass is 35.5. The molecular weight excluding hydrogens is 346 g/mol. The number of nitrogens with one attached hydrogen (secondary N) is 1. The van der Waals surface area contributed by atoms with Crippen LogP contribution in [0.3, 0.4) is 0 Å². The zero-order valence-electron chi connectivity index (χ0n) is 15.8. The lowest BCUT2D eigenvalue weighted by Gasteiger charge is -2.15. The molecule has 0 fully saturated rings. The molecule has 2 aromatic heterocycles.